The number of carboxylic acids is 1. The number of carbonyl (C=O) groups excluding carboxylic acids is 1. The van der Waals surface area contributed by atoms with Gasteiger partial charge in [-0.2, -0.15) is 10.2 Å². The highest BCUT2D eigenvalue weighted by atomic mass is 16.4. The summed E-state index contributed by atoms with van der Waals surface area (Å²) in [5, 5.41) is 17.0. The Bertz CT molecular complexity index is 703. The Kier molecular flexibility index (Phi) is 4.30. The maximum Gasteiger partial charge on any atom is 0.356 e. The second-order valence-electron chi connectivity index (χ2n) is 5.27. The number of hydrogen-bond donors (Lipinski definition) is 1. The highest BCUT2D eigenvalue weighted by Crippen LogP contribution is 2.13. The molecule has 1 atom stereocenters. The van der Waals surface area contributed by atoms with Crippen molar-refractivity contribution in [1.82, 2.24) is 24.5 Å². The molecule has 2 heterocycles. The molecule has 0 saturated carbocycles. The fraction of sp³-hybridized carbons (Fsp3) is 0.429. The molecule has 2 aromatic rings. The number of carbonyl (C=O) groups is 2. The summed E-state index contributed by atoms with van der Waals surface area (Å²) >= 11 is 0. The molecule has 2 rings (SSSR count). The number of nitrogens with zero attached hydrogens (tertiary/aromatic N) is 5. The van der Waals surface area contributed by atoms with Gasteiger partial charge in [0.2, 0.25) is 5.91 Å². The number of aromatic nitrogens is 4. The van der Waals surface area contributed by atoms with Crippen LogP contribution in [0.3, 0.4) is 0 Å². The zero-order valence-electron chi connectivity index (χ0n) is 13.0. The first kappa shape index (κ1) is 15.7. The Balaban J connectivity index is 2.08. The standard InChI is InChI=1S/C14H19N5O3/c1-9-11(8-18(4)15-9)7-17(3)13(20)10(2)19-6-5-12(16-19)14(21)22/h5-6,8,10H,7H2,1-4H3,(H,21,22). The van der Waals surface area contributed by atoms with Crippen LogP contribution in [0.5, 0.6) is 0 Å². The number of amides is 1. The molecule has 0 aromatic carbocycles. The van der Waals surface area contributed by atoms with Crippen molar-refractivity contribution in [3.05, 3.63) is 35.4 Å². The van der Waals surface area contributed by atoms with Crippen LogP contribution in [0.1, 0.15) is 34.7 Å². The molecule has 1 N–H and O–H groups in total. The largest absolute Gasteiger partial charge is 0.476 e. The maximum absolute atomic E-state index is 12.4. The quantitative estimate of drug-likeness (QED) is 0.883. The molecular weight excluding hydrogens is 286 g/mol. The molecule has 8 heteroatoms. The molecule has 0 aliphatic carbocycles. The van der Waals surface area contributed by atoms with E-state index in [1.54, 1.807) is 23.6 Å². The van der Waals surface area contributed by atoms with Crippen molar-refractivity contribution in [2.45, 2.75) is 26.4 Å². The lowest BCUT2D eigenvalue weighted by Gasteiger charge is -2.21. The van der Waals surface area contributed by atoms with Crippen molar-refractivity contribution in [3.8, 4) is 0 Å². The molecule has 1 unspecified atom stereocenters. The lowest BCUT2D eigenvalue weighted by molar-refractivity contribution is -0.133. The van der Waals surface area contributed by atoms with Gasteiger partial charge in [0.05, 0.1) is 5.69 Å². The fourth-order valence-electron chi connectivity index (χ4n) is 2.24. The summed E-state index contributed by atoms with van der Waals surface area (Å²) in [6.45, 7) is 4.02. The number of carboxylic acid groups (broad SMARTS) is 1. The molecule has 0 bridgehead atoms. The molecule has 1 amide bonds. The first-order chi connectivity index (χ1) is 10.3. The van der Waals surface area contributed by atoms with Crippen LogP contribution in [0.15, 0.2) is 18.5 Å². The normalized spacial score (nSPS) is 12.2. The first-order valence-electron chi connectivity index (χ1n) is 6.82. The highest BCUT2D eigenvalue weighted by Gasteiger charge is 2.22. The Hall–Kier alpha value is -2.64. The molecule has 22 heavy (non-hydrogen) atoms. The maximum atomic E-state index is 12.4. The number of hydrogen-bond acceptors (Lipinski definition) is 4. The van der Waals surface area contributed by atoms with Crippen LogP contribution >= 0.6 is 0 Å². The summed E-state index contributed by atoms with van der Waals surface area (Å²) in [6, 6.07) is 0.798. The van der Waals surface area contributed by atoms with E-state index in [9.17, 15) is 9.59 Å². The third-order valence-electron chi connectivity index (χ3n) is 3.48. The Labute approximate surface area is 127 Å². The average molecular weight is 305 g/mol. The van der Waals surface area contributed by atoms with Gasteiger partial charge >= 0.3 is 5.97 Å². The second-order valence-corrected chi connectivity index (χ2v) is 5.27. The van der Waals surface area contributed by atoms with Gasteiger partial charge in [-0.1, -0.05) is 0 Å². The smallest absolute Gasteiger partial charge is 0.356 e. The molecule has 0 radical (unpaired) electrons. The summed E-state index contributed by atoms with van der Waals surface area (Å²) in [6.07, 6.45) is 3.37. The zero-order valence-corrected chi connectivity index (χ0v) is 13.0. The molecule has 118 valence electrons. The van der Waals surface area contributed by atoms with Gasteiger partial charge in [0, 0.05) is 38.6 Å². The third-order valence-corrected chi connectivity index (χ3v) is 3.48. The third kappa shape index (κ3) is 3.16. The van der Waals surface area contributed by atoms with Gasteiger partial charge in [-0.25, -0.2) is 4.79 Å². The predicted molar refractivity (Wildman–Crippen MR) is 78.3 cm³/mol. The number of aromatic carboxylic acids is 1. The van der Waals surface area contributed by atoms with Crippen LogP contribution in [0.2, 0.25) is 0 Å². The summed E-state index contributed by atoms with van der Waals surface area (Å²) in [5.41, 5.74) is 1.77. The van der Waals surface area contributed by atoms with Crippen LogP contribution in [0.25, 0.3) is 0 Å². The minimum Gasteiger partial charge on any atom is -0.476 e. The van der Waals surface area contributed by atoms with E-state index in [2.05, 4.69) is 10.2 Å². The molecule has 0 aliphatic heterocycles. The predicted octanol–water partition coefficient (Wildman–Crippen LogP) is 0.843. The van der Waals surface area contributed by atoms with E-state index in [1.165, 1.54) is 16.9 Å². The van der Waals surface area contributed by atoms with E-state index < -0.39 is 12.0 Å². The summed E-state index contributed by atoms with van der Waals surface area (Å²) in [4.78, 5) is 24.9. The van der Waals surface area contributed by atoms with E-state index >= 15 is 0 Å². The highest BCUT2D eigenvalue weighted by molar-refractivity contribution is 5.85. The number of aryl methyl sites for hydroxylation is 2. The molecular formula is C14H19N5O3. The minimum atomic E-state index is -1.11. The van der Waals surface area contributed by atoms with Crippen molar-refractivity contribution in [2.75, 3.05) is 7.05 Å². The van der Waals surface area contributed by atoms with E-state index in [-0.39, 0.29) is 11.6 Å². The number of rotatable bonds is 5. The summed E-state index contributed by atoms with van der Waals surface area (Å²) in [5.74, 6) is -1.26. The zero-order chi connectivity index (χ0) is 16.4. The lowest BCUT2D eigenvalue weighted by atomic mass is 10.2. The Morgan fingerprint density at radius 2 is 2.09 bits per heavy atom. The van der Waals surface area contributed by atoms with Crippen molar-refractivity contribution in [2.24, 2.45) is 7.05 Å². The summed E-state index contributed by atoms with van der Waals surface area (Å²) in [7, 11) is 3.53. The molecule has 0 fully saturated rings. The first-order valence-corrected chi connectivity index (χ1v) is 6.82. The van der Waals surface area contributed by atoms with Crippen molar-refractivity contribution in [3.63, 3.8) is 0 Å². The van der Waals surface area contributed by atoms with Crippen LogP contribution < -0.4 is 0 Å². The Morgan fingerprint density at radius 3 is 2.59 bits per heavy atom. The van der Waals surface area contributed by atoms with Gasteiger partial charge in [0.1, 0.15) is 6.04 Å². The van der Waals surface area contributed by atoms with E-state index in [0.29, 0.717) is 6.54 Å². The van der Waals surface area contributed by atoms with Crippen LogP contribution in [0, 0.1) is 6.92 Å². The van der Waals surface area contributed by atoms with Crippen LogP contribution in [0.4, 0.5) is 0 Å². The molecule has 0 aliphatic rings. The van der Waals surface area contributed by atoms with Crippen LogP contribution in [-0.2, 0) is 18.4 Å². The van der Waals surface area contributed by atoms with Crippen molar-refractivity contribution >= 4 is 11.9 Å². The lowest BCUT2D eigenvalue weighted by Crippen LogP contribution is -2.33. The molecule has 0 saturated heterocycles. The second kappa shape index (κ2) is 6.00. The molecule has 0 spiro atoms. The van der Waals surface area contributed by atoms with Gasteiger partial charge in [-0.15, -0.1) is 0 Å². The van der Waals surface area contributed by atoms with E-state index in [0.717, 1.165) is 11.3 Å². The topological polar surface area (TPSA) is 93.2 Å². The van der Waals surface area contributed by atoms with E-state index in [1.807, 2.05) is 20.2 Å². The molecule has 2 aromatic heterocycles. The minimum absolute atomic E-state index is 0.0783. The van der Waals surface area contributed by atoms with Crippen molar-refractivity contribution < 1.29 is 14.7 Å². The summed E-state index contributed by atoms with van der Waals surface area (Å²) < 4.78 is 3.07. The van der Waals surface area contributed by atoms with E-state index in [4.69, 9.17) is 5.11 Å². The van der Waals surface area contributed by atoms with Gasteiger partial charge in [0.25, 0.3) is 0 Å². The van der Waals surface area contributed by atoms with Gasteiger partial charge < -0.3 is 10.0 Å². The van der Waals surface area contributed by atoms with Gasteiger partial charge in [0.15, 0.2) is 5.69 Å². The Morgan fingerprint density at radius 1 is 1.41 bits per heavy atom. The van der Waals surface area contributed by atoms with Gasteiger partial charge in [-0.3, -0.25) is 14.2 Å². The van der Waals surface area contributed by atoms with Crippen LogP contribution in [-0.4, -0.2) is 48.5 Å². The fourth-order valence-corrected chi connectivity index (χ4v) is 2.24. The molecule has 8 nitrogen and oxygen atoms in total. The average Bonchev–Trinajstić information content (AvgIpc) is 3.04. The SMILES string of the molecule is Cc1nn(C)cc1CN(C)C(=O)C(C)n1ccc(C(=O)O)n1. The number of likely N-dealkylation sites (N-methyl/N-ethyl adjacent to an activating group) is 1. The van der Waals surface area contributed by atoms with Crippen molar-refractivity contribution in [1.29, 1.82) is 0 Å². The monoisotopic (exact) mass is 305 g/mol. The van der Waals surface area contributed by atoms with Gasteiger partial charge in [-0.05, 0) is 19.9 Å².